The summed E-state index contributed by atoms with van der Waals surface area (Å²) < 4.78 is 73.1. The van der Waals surface area contributed by atoms with Crippen molar-refractivity contribution in [2.75, 3.05) is 32.0 Å². The van der Waals surface area contributed by atoms with Gasteiger partial charge in [0.05, 0.1) is 6.61 Å². The van der Waals surface area contributed by atoms with Gasteiger partial charge >= 0.3 is 10.2 Å². The van der Waals surface area contributed by atoms with Crippen LogP contribution in [0.15, 0.2) is 50.8 Å². The van der Waals surface area contributed by atoms with Crippen LogP contribution in [0.1, 0.15) is 6.42 Å². The Balaban J connectivity index is 2.05. The first-order chi connectivity index (χ1) is 12.7. The lowest BCUT2D eigenvalue weighted by Crippen LogP contribution is -2.15. The van der Waals surface area contributed by atoms with Crippen molar-refractivity contribution in [1.29, 1.82) is 0 Å². The Hall–Kier alpha value is -1.24. The fraction of sp³-hybridized carbons (Fsp3) is 0.312. The Kier molecular flexibility index (Phi) is 6.49. The minimum absolute atomic E-state index is 0.323. The van der Waals surface area contributed by atoms with E-state index >= 15 is 0 Å². The van der Waals surface area contributed by atoms with Gasteiger partial charge in [0.15, 0.2) is 0 Å². The lowest BCUT2D eigenvalue weighted by Gasteiger charge is -2.40. The number of anilines is 1. The van der Waals surface area contributed by atoms with Crippen LogP contribution in [0, 0.1) is 0 Å². The first kappa shape index (κ1) is 23.0. The number of nitrogens with zero attached hydrogens (tertiary/aromatic N) is 2. The van der Waals surface area contributed by atoms with Crippen LogP contribution >= 0.6 is 38.1 Å². The zero-order valence-corrected chi connectivity index (χ0v) is 18.2. The molecular formula is C16H19BrF5N3OS2. The third-order valence-corrected chi connectivity index (χ3v) is 5.78. The molecule has 0 atom stereocenters. The highest BCUT2D eigenvalue weighted by molar-refractivity contribution is 9.10. The summed E-state index contributed by atoms with van der Waals surface area (Å²) in [6, 6.07) is 4.42. The fourth-order valence-electron chi connectivity index (χ4n) is 2.04. The molecule has 0 radical (unpaired) electrons. The largest absolute Gasteiger partial charge is 0.476 e. The van der Waals surface area contributed by atoms with Crippen molar-refractivity contribution in [2.24, 2.45) is 0 Å². The molecule has 1 aromatic heterocycles. The fourth-order valence-corrected chi connectivity index (χ4v) is 3.67. The number of halogens is 6. The van der Waals surface area contributed by atoms with Crippen molar-refractivity contribution in [3.8, 4) is 5.88 Å². The van der Waals surface area contributed by atoms with Gasteiger partial charge in [-0.3, -0.25) is 0 Å². The number of nitrogens with one attached hydrogen (secondary N) is 1. The molecule has 4 nitrogen and oxygen atoms in total. The van der Waals surface area contributed by atoms with Gasteiger partial charge in [0.2, 0.25) is 5.88 Å². The molecule has 28 heavy (non-hydrogen) atoms. The smallest absolute Gasteiger partial charge is 0.310 e. The van der Waals surface area contributed by atoms with E-state index in [0.717, 1.165) is 37.0 Å². The third kappa shape index (κ3) is 7.30. The van der Waals surface area contributed by atoms with Crippen LogP contribution in [-0.2, 0) is 0 Å². The minimum atomic E-state index is -9.66. The number of benzene rings is 1. The highest BCUT2D eigenvalue weighted by Gasteiger charge is 2.65. The lowest BCUT2D eigenvalue weighted by atomic mass is 10.4. The van der Waals surface area contributed by atoms with Crippen LogP contribution in [-0.4, -0.2) is 37.1 Å². The summed E-state index contributed by atoms with van der Waals surface area (Å²) >= 11 is 4.25. The van der Waals surface area contributed by atoms with Crippen LogP contribution in [0.4, 0.5) is 25.1 Å². The average Bonchev–Trinajstić information content (AvgIpc) is 2.56. The van der Waals surface area contributed by atoms with E-state index in [9.17, 15) is 19.4 Å². The molecule has 0 saturated carbocycles. The number of hydrogen-bond acceptors (Lipinski definition) is 5. The highest BCUT2D eigenvalue weighted by Crippen LogP contribution is 3.02. The molecule has 0 bridgehead atoms. The first-order valence-electron chi connectivity index (χ1n) is 7.95. The van der Waals surface area contributed by atoms with Gasteiger partial charge in [-0.05, 0) is 78.7 Å². The number of pyridine rings is 1. The number of rotatable bonds is 9. The number of aromatic nitrogens is 1. The molecular weight excluding hydrogens is 489 g/mol. The Morgan fingerprint density at radius 1 is 1.14 bits per heavy atom. The zero-order chi connectivity index (χ0) is 21.1. The van der Waals surface area contributed by atoms with Crippen LogP contribution in [0.25, 0.3) is 0 Å². The Morgan fingerprint density at radius 3 is 2.36 bits per heavy atom. The number of ether oxygens (including phenoxy) is 1. The molecule has 12 heteroatoms. The van der Waals surface area contributed by atoms with Crippen molar-refractivity contribution in [3.63, 3.8) is 0 Å². The van der Waals surface area contributed by atoms with Crippen LogP contribution in [0.3, 0.4) is 0 Å². The molecule has 1 aromatic carbocycles. The van der Waals surface area contributed by atoms with Crippen molar-refractivity contribution in [3.05, 3.63) is 41.0 Å². The van der Waals surface area contributed by atoms with Crippen molar-refractivity contribution in [1.82, 2.24) is 9.88 Å². The van der Waals surface area contributed by atoms with Gasteiger partial charge in [-0.25, -0.2) is 4.98 Å². The summed E-state index contributed by atoms with van der Waals surface area (Å²) in [6.07, 6.45) is 2.34. The summed E-state index contributed by atoms with van der Waals surface area (Å²) in [5, 5.41) is 0. The zero-order valence-electron chi connectivity index (χ0n) is 15.0. The molecule has 2 rings (SSSR count). The maximum Gasteiger partial charge on any atom is 0.310 e. The van der Waals surface area contributed by atoms with Crippen molar-refractivity contribution >= 4 is 43.8 Å². The molecule has 1 N–H and O–H groups in total. The van der Waals surface area contributed by atoms with E-state index in [1.54, 1.807) is 12.3 Å². The normalized spacial score (nSPS) is 14.5. The maximum atomic E-state index is 12.8. The summed E-state index contributed by atoms with van der Waals surface area (Å²) in [5.74, 6) is 0.332. The van der Waals surface area contributed by atoms with Gasteiger partial charge in [-0.2, -0.15) is 0 Å². The third-order valence-electron chi connectivity index (χ3n) is 3.35. The van der Waals surface area contributed by atoms with Gasteiger partial charge in [0.25, 0.3) is 0 Å². The monoisotopic (exact) mass is 507 g/mol. The predicted molar refractivity (Wildman–Crippen MR) is 108 cm³/mol. The predicted octanol–water partition coefficient (Wildman–Crippen LogP) is 6.95. The molecule has 0 fully saturated rings. The second kappa shape index (κ2) is 7.88. The summed E-state index contributed by atoms with van der Waals surface area (Å²) in [7, 11) is -5.77. The second-order valence-electron chi connectivity index (χ2n) is 6.16. The Bertz CT molecular complexity index is 820. The van der Waals surface area contributed by atoms with E-state index in [2.05, 4.69) is 25.6 Å². The second-order valence-corrected chi connectivity index (χ2v) is 10.4. The molecule has 0 aliphatic carbocycles. The molecule has 0 amide bonds. The molecule has 0 unspecified atom stereocenters. The van der Waals surface area contributed by atoms with Crippen molar-refractivity contribution in [2.45, 2.75) is 16.2 Å². The molecule has 0 saturated heterocycles. The maximum absolute atomic E-state index is 12.8. The SMILES string of the molecule is CN(C)CCCOc1ncc(Br)cc1NSc1ccc(S(F)(F)(F)(F)F)cc1. The lowest BCUT2D eigenvalue weighted by molar-refractivity contribution is 0.274. The van der Waals surface area contributed by atoms with E-state index in [4.69, 9.17) is 4.74 Å². The highest BCUT2D eigenvalue weighted by atomic mass is 79.9. The van der Waals surface area contributed by atoms with E-state index in [-0.39, 0.29) is 0 Å². The number of hydrogen-bond donors (Lipinski definition) is 1. The van der Waals surface area contributed by atoms with Crippen LogP contribution < -0.4 is 9.46 Å². The molecule has 0 spiro atoms. The van der Waals surface area contributed by atoms with E-state index in [1.807, 2.05) is 19.0 Å². The van der Waals surface area contributed by atoms with E-state index in [0.29, 0.717) is 39.7 Å². The van der Waals surface area contributed by atoms with Gasteiger partial charge in [0.1, 0.15) is 10.6 Å². The Morgan fingerprint density at radius 2 is 1.79 bits per heavy atom. The van der Waals surface area contributed by atoms with Gasteiger partial charge in [-0.1, -0.05) is 19.4 Å². The first-order valence-corrected chi connectivity index (χ1v) is 11.5. The quantitative estimate of drug-likeness (QED) is 0.225. The molecule has 158 valence electrons. The molecule has 0 aliphatic heterocycles. The van der Waals surface area contributed by atoms with Gasteiger partial charge in [-0.15, -0.1) is 0 Å². The van der Waals surface area contributed by atoms with Crippen LogP contribution in [0.2, 0.25) is 0 Å². The Labute approximate surface area is 172 Å². The average molecular weight is 508 g/mol. The topological polar surface area (TPSA) is 37.4 Å². The van der Waals surface area contributed by atoms with E-state index < -0.39 is 15.1 Å². The van der Waals surface area contributed by atoms with Gasteiger partial charge in [0, 0.05) is 22.1 Å². The summed E-state index contributed by atoms with van der Waals surface area (Å²) in [6.45, 7) is 1.28. The molecule has 0 aliphatic rings. The standard InChI is InChI=1S/C16H19BrF5N3OS2/c1-25(2)8-3-9-26-16-15(10-12(17)11-23-16)24-27-13-4-6-14(7-5-13)28(18,19,20,21)22/h4-7,10-11,24H,3,8-9H2,1-2H3. The summed E-state index contributed by atoms with van der Waals surface area (Å²) in [4.78, 5) is 4.59. The van der Waals surface area contributed by atoms with Crippen LogP contribution in [0.5, 0.6) is 5.88 Å². The van der Waals surface area contributed by atoms with Gasteiger partial charge < -0.3 is 14.4 Å². The molecule has 1 heterocycles. The molecule has 2 aromatic rings. The van der Waals surface area contributed by atoms with E-state index in [1.165, 1.54) is 0 Å². The summed E-state index contributed by atoms with van der Waals surface area (Å²) in [5.41, 5.74) is 0.501. The van der Waals surface area contributed by atoms with Crippen molar-refractivity contribution < 1.29 is 24.2 Å². The minimum Gasteiger partial charge on any atom is -0.476 e.